The first kappa shape index (κ1) is 14.2. The second-order valence-corrected chi connectivity index (χ2v) is 5.27. The normalized spacial score (nSPS) is 28.2. The van der Waals surface area contributed by atoms with E-state index in [9.17, 15) is 4.79 Å². The summed E-state index contributed by atoms with van der Waals surface area (Å²) >= 11 is 0. The highest BCUT2D eigenvalue weighted by atomic mass is 16.5. The first-order chi connectivity index (χ1) is 10.3. The Balaban J connectivity index is 1.73. The summed E-state index contributed by atoms with van der Waals surface area (Å²) in [5, 5.41) is 7.49. The predicted molar refractivity (Wildman–Crippen MR) is 75.8 cm³/mol. The lowest BCUT2D eigenvalue weighted by Crippen LogP contribution is -2.53. The average molecular weight is 289 g/mol. The number of rotatable bonds is 4. The first-order valence-electron chi connectivity index (χ1n) is 7.23. The summed E-state index contributed by atoms with van der Waals surface area (Å²) in [6.07, 6.45) is 6.58. The summed E-state index contributed by atoms with van der Waals surface area (Å²) in [4.78, 5) is 14.5. The Kier molecular flexibility index (Phi) is 4.26. The van der Waals surface area contributed by atoms with Crippen LogP contribution in [0.15, 0.2) is 31.1 Å². The Morgan fingerprint density at radius 2 is 2.43 bits per heavy atom. The van der Waals surface area contributed by atoms with Crippen LogP contribution in [0.1, 0.15) is 23.2 Å². The number of carbonyl (C=O) groups is 1. The number of carbonyl (C=O) groups excluding carboxylic acids is 1. The minimum absolute atomic E-state index is 0.00688. The third kappa shape index (κ3) is 2.82. The maximum Gasteiger partial charge on any atom is 0.255 e. The first-order valence-corrected chi connectivity index (χ1v) is 7.23. The molecule has 1 aliphatic carbocycles. The highest BCUT2D eigenvalue weighted by molar-refractivity contribution is 5.94. The minimum atomic E-state index is -0.0440. The van der Waals surface area contributed by atoms with Crippen molar-refractivity contribution >= 4 is 5.91 Å². The van der Waals surface area contributed by atoms with Gasteiger partial charge in [-0.15, -0.1) is 6.58 Å². The molecule has 3 rings (SSSR count). The summed E-state index contributed by atoms with van der Waals surface area (Å²) in [5.74, 6) is -0.00688. The van der Waals surface area contributed by atoms with Gasteiger partial charge in [0.05, 0.1) is 43.3 Å². The van der Waals surface area contributed by atoms with Gasteiger partial charge in [0, 0.05) is 6.54 Å². The molecule has 0 N–H and O–H groups in total. The number of hydrogen-bond donors (Lipinski definition) is 0. The van der Waals surface area contributed by atoms with Crippen molar-refractivity contribution in [1.82, 2.24) is 15.1 Å². The molecule has 2 aliphatic rings. The van der Waals surface area contributed by atoms with Gasteiger partial charge in [0.2, 0.25) is 0 Å². The highest BCUT2D eigenvalue weighted by Gasteiger charge is 2.45. The molecule has 1 aliphatic heterocycles. The Bertz CT molecular complexity index is 508. The number of amides is 1. The Morgan fingerprint density at radius 1 is 1.52 bits per heavy atom. The minimum Gasteiger partial charge on any atom is -0.372 e. The van der Waals surface area contributed by atoms with Gasteiger partial charge >= 0.3 is 0 Å². The molecule has 3 atom stereocenters. The average Bonchev–Trinajstić information content (AvgIpc) is 2.96. The number of morpholine rings is 1. The van der Waals surface area contributed by atoms with Crippen molar-refractivity contribution in [2.45, 2.75) is 31.1 Å². The van der Waals surface area contributed by atoms with Crippen molar-refractivity contribution in [2.75, 3.05) is 19.8 Å². The molecule has 1 amide bonds. The number of ether oxygens (including phenoxy) is 2. The van der Waals surface area contributed by atoms with Crippen LogP contribution in [0.2, 0.25) is 0 Å². The Labute approximate surface area is 123 Å². The molecule has 112 valence electrons. The highest BCUT2D eigenvalue weighted by Crippen LogP contribution is 2.32. The van der Waals surface area contributed by atoms with Crippen LogP contribution in [0.5, 0.6) is 0 Å². The maximum atomic E-state index is 12.6. The van der Waals surface area contributed by atoms with E-state index in [-0.39, 0.29) is 24.2 Å². The van der Waals surface area contributed by atoms with Gasteiger partial charge in [-0.2, -0.15) is 10.2 Å². The van der Waals surface area contributed by atoms with Crippen LogP contribution in [0.3, 0.4) is 0 Å². The molecule has 0 aromatic carbocycles. The molecule has 0 bridgehead atoms. The summed E-state index contributed by atoms with van der Waals surface area (Å²) in [5.41, 5.74) is 0.570. The molecule has 0 spiro atoms. The van der Waals surface area contributed by atoms with E-state index in [1.54, 1.807) is 12.1 Å². The van der Waals surface area contributed by atoms with Gasteiger partial charge < -0.3 is 14.4 Å². The largest absolute Gasteiger partial charge is 0.372 e. The van der Waals surface area contributed by atoms with E-state index in [2.05, 4.69) is 16.8 Å². The molecule has 21 heavy (non-hydrogen) atoms. The summed E-state index contributed by atoms with van der Waals surface area (Å²) < 4.78 is 11.6. The second kappa shape index (κ2) is 6.32. The van der Waals surface area contributed by atoms with Crippen LogP contribution in [0.25, 0.3) is 0 Å². The molecular formula is C15H19N3O3. The van der Waals surface area contributed by atoms with Gasteiger partial charge in [0.1, 0.15) is 6.10 Å². The summed E-state index contributed by atoms with van der Waals surface area (Å²) in [7, 11) is 0. The number of aromatic nitrogens is 2. The van der Waals surface area contributed by atoms with Gasteiger partial charge in [0.15, 0.2) is 0 Å². The summed E-state index contributed by atoms with van der Waals surface area (Å²) in [6.45, 7) is 5.33. The zero-order valence-corrected chi connectivity index (χ0v) is 11.9. The van der Waals surface area contributed by atoms with E-state index < -0.39 is 0 Å². The van der Waals surface area contributed by atoms with Gasteiger partial charge in [-0.3, -0.25) is 4.79 Å². The third-order valence-corrected chi connectivity index (χ3v) is 4.06. The molecular weight excluding hydrogens is 270 g/mol. The van der Waals surface area contributed by atoms with Crippen molar-refractivity contribution in [3.63, 3.8) is 0 Å². The van der Waals surface area contributed by atoms with E-state index in [0.717, 1.165) is 12.8 Å². The van der Waals surface area contributed by atoms with E-state index in [1.165, 1.54) is 12.4 Å². The van der Waals surface area contributed by atoms with Crippen LogP contribution in [0, 0.1) is 0 Å². The quantitative estimate of drug-likeness (QED) is 0.775. The van der Waals surface area contributed by atoms with Crippen molar-refractivity contribution in [3.05, 3.63) is 36.7 Å². The predicted octanol–water partition coefficient (Wildman–Crippen LogP) is 1.05. The van der Waals surface area contributed by atoms with E-state index in [4.69, 9.17) is 9.47 Å². The Hall–Kier alpha value is -1.79. The fraction of sp³-hybridized carbons (Fsp3) is 0.533. The number of fused-ring (bicyclic) bond motifs is 1. The Morgan fingerprint density at radius 3 is 3.19 bits per heavy atom. The molecule has 0 unspecified atom stereocenters. The van der Waals surface area contributed by atoms with Crippen LogP contribution in [-0.4, -0.2) is 59.0 Å². The molecule has 1 aromatic heterocycles. The monoisotopic (exact) mass is 289 g/mol. The fourth-order valence-electron chi connectivity index (χ4n) is 3.12. The number of nitrogens with zero attached hydrogens (tertiary/aromatic N) is 3. The maximum absolute atomic E-state index is 12.6. The molecule has 6 heteroatoms. The lowest BCUT2D eigenvalue weighted by atomic mass is 10.1. The van der Waals surface area contributed by atoms with Crippen molar-refractivity contribution in [1.29, 1.82) is 0 Å². The molecule has 1 aromatic rings. The standard InChI is InChI=1S/C15H19N3O3/c1-2-8-20-13-4-3-12-14(13)21-9-7-18(12)15(19)11-5-6-16-17-10-11/h2,5-6,10,12-14H,1,3-4,7-9H2/t12-,13+,14+/m0/s1. The smallest absolute Gasteiger partial charge is 0.255 e. The topological polar surface area (TPSA) is 64.6 Å². The van der Waals surface area contributed by atoms with Gasteiger partial charge in [-0.25, -0.2) is 0 Å². The van der Waals surface area contributed by atoms with Gasteiger partial charge in [0.25, 0.3) is 5.91 Å². The lowest BCUT2D eigenvalue weighted by Gasteiger charge is -2.39. The molecule has 1 saturated heterocycles. The van der Waals surface area contributed by atoms with E-state index >= 15 is 0 Å². The van der Waals surface area contributed by atoms with Crippen LogP contribution in [0.4, 0.5) is 0 Å². The van der Waals surface area contributed by atoms with Crippen molar-refractivity contribution in [3.8, 4) is 0 Å². The van der Waals surface area contributed by atoms with Crippen LogP contribution in [-0.2, 0) is 9.47 Å². The van der Waals surface area contributed by atoms with Crippen molar-refractivity contribution < 1.29 is 14.3 Å². The summed E-state index contributed by atoms with van der Waals surface area (Å²) in [6, 6.07) is 1.77. The number of hydrogen-bond acceptors (Lipinski definition) is 5. The zero-order chi connectivity index (χ0) is 14.7. The van der Waals surface area contributed by atoms with Crippen molar-refractivity contribution in [2.24, 2.45) is 0 Å². The van der Waals surface area contributed by atoms with Crippen LogP contribution < -0.4 is 0 Å². The second-order valence-electron chi connectivity index (χ2n) is 5.27. The van der Waals surface area contributed by atoms with Crippen LogP contribution >= 0.6 is 0 Å². The molecule has 6 nitrogen and oxygen atoms in total. The molecule has 1 saturated carbocycles. The zero-order valence-electron chi connectivity index (χ0n) is 11.9. The third-order valence-electron chi connectivity index (χ3n) is 4.06. The van der Waals surface area contributed by atoms with E-state index in [1.807, 2.05) is 4.90 Å². The van der Waals surface area contributed by atoms with Gasteiger partial charge in [-0.1, -0.05) is 6.08 Å². The SMILES string of the molecule is C=CCO[C@@H]1CC[C@H]2[C@H]1OCCN2C(=O)c1ccnnc1. The molecule has 2 heterocycles. The lowest BCUT2D eigenvalue weighted by molar-refractivity contribution is -0.100. The molecule has 0 radical (unpaired) electrons. The van der Waals surface area contributed by atoms with Gasteiger partial charge in [-0.05, 0) is 18.9 Å². The van der Waals surface area contributed by atoms with E-state index in [0.29, 0.717) is 25.3 Å². The molecule has 2 fully saturated rings. The fourth-order valence-corrected chi connectivity index (χ4v) is 3.12.